The normalized spacial score (nSPS) is 26.1. The van der Waals surface area contributed by atoms with E-state index < -0.39 is 11.9 Å². The van der Waals surface area contributed by atoms with Gasteiger partial charge in [0.1, 0.15) is 5.69 Å². The van der Waals surface area contributed by atoms with Crippen molar-refractivity contribution in [2.24, 2.45) is 0 Å². The number of aromatic nitrogens is 3. The maximum absolute atomic E-state index is 15.1. The van der Waals surface area contributed by atoms with Gasteiger partial charge in [-0.2, -0.15) is 0 Å². The standard InChI is InChI=1S/C27H32FN5O4/c1-15-12-37-13-16(2)33(15)11-17-9-23(34)20-4-3-18(19-5-7-32(17)26(19)20)25-21(28)10-29-27(31-25)30-22-6-8-36-14-24(22)35/h3-4,9-10,15-16,22,24,35H,5-8,11-14H2,1-2H3,(H,29,30,31)/t15-,16-,22+,24+/m0/s1. The highest BCUT2D eigenvalue weighted by Crippen LogP contribution is 2.35. The molecule has 2 aromatic heterocycles. The number of morpholine rings is 1. The number of hydrogen-bond donors (Lipinski definition) is 2. The van der Waals surface area contributed by atoms with Crippen LogP contribution in [-0.2, 0) is 29.0 Å². The molecule has 0 aliphatic carbocycles. The van der Waals surface area contributed by atoms with Crippen LogP contribution < -0.4 is 10.7 Å². The summed E-state index contributed by atoms with van der Waals surface area (Å²) < 4.78 is 28.3. The molecule has 2 N–H and O–H groups in total. The van der Waals surface area contributed by atoms with Crippen molar-refractivity contribution in [1.82, 2.24) is 19.4 Å². The lowest BCUT2D eigenvalue weighted by Crippen LogP contribution is -2.49. The monoisotopic (exact) mass is 509 g/mol. The fraction of sp³-hybridized carbons (Fsp3) is 0.519. The van der Waals surface area contributed by atoms with Gasteiger partial charge in [-0.05, 0) is 38.3 Å². The van der Waals surface area contributed by atoms with Crippen molar-refractivity contribution in [2.75, 3.05) is 31.7 Å². The molecule has 196 valence electrons. The summed E-state index contributed by atoms with van der Waals surface area (Å²) in [5, 5.41) is 14.0. The maximum atomic E-state index is 15.1. The van der Waals surface area contributed by atoms with Gasteiger partial charge >= 0.3 is 0 Å². The largest absolute Gasteiger partial charge is 0.389 e. The average molecular weight is 510 g/mol. The Labute approximate surface area is 214 Å². The number of ether oxygens (including phenoxy) is 2. The molecule has 2 fully saturated rings. The summed E-state index contributed by atoms with van der Waals surface area (Å²) in [5.74, 6) is -0.268. The first kappa shape index (κ1) is 24.4. The molecule has 0 bridgehead atoms. The van der Waals surface area contributed by atoms with Crippen molar-refractivity contribution < 1.29 is 19.0 Å². The Morgan fingerprint density at radius 1 is 1.19 bits per heavy atom. The Balaban J connectivity index is 1.39. The molecule has 2 saturated heterocycles. The molecule has 37 heavy (non-hydrogen) atoms. The van der Waals surface area contributed by atoms with Gasteiger partial charge in [-0.1, -0.05) is 6.07 Å². The number of aliphatic hydroxyl groups is 1. The summed E-state index contributed by atoms with van der Waals surface area (Å²) in [6.45, 7) is 7.78. The zero-order chi connectivity index (χ0) is 25.7. The molecule has 4 atom stereocenters. The minimum absolute atomic E-state index is 0.0245. The first-order chi connectivity index (χ1) is 17.9. The van der Waals surface area contributed by atoms with E-state index in [1.54, 1.807) is 18.2 Å². The summed E-state index contributed by atoms with van der Waals surface area (Å²) >= 11 is 0. The van der Waals surface area contributed by atoms with Crippen LogP contribution in [0.1, 0.15) is 31.5 Å². The van der Waals surface area contributed by atoms with E-state index in [1.807, 2.05) is 0 Å². The number of aryl methyl sites for hydroxylation is 2. The lowest BCUT2D eigenvalue weighted by atomic mass is 9.99. The molecular formula is C27H32FN5O4. The van der Waals surface area contributed by atoms with E-state index in [0.29, 0.717) is 50.2 Å². The predicted molar refractivity (Wildman–Crippen MR) is 137 cm³/mol. The zero-order valence-corrected chi connectivity index (χ0v) is 21.1. The summed E-state index contributed by atoms with van der Waals surface area (Å²) in [6.07, 6.45) is 1.76. The highest BCUT2D eigenvalue weighted by atomic mass is 19.1. The second-order valence-electron chi connectivity index (χ2n) is 10.4. The van der Waals surface area contributed by atoms with Gasteiger partial charge in [0.05, 0.1) is 43.7 Å². The van der Waals surface area contributed by atoms with Crippen LogP contribution in [0.15, 0.2) is 29.2 Å². The number of halogens is 1. The molecule has 1 aromatic carbocycles. The van der Waals surface area contributed by atoms with Gasteiger partial charge in [0.2, 0.25) is 5.95 Å². The number of pyridine rings is 1. The van der Waals surface area contributed by atoms with E-state index >= 15 is 4.39 Å². The predicted octanol–water partition coefficient (Wildman–Crippen LogP) is 2.32. The van der Waals surface area contributed by atoms with Crippen molar-refractivity contribution >= 4 is 16.9 Å². The number of benzene rings is 1. The average Bonchev–Trinajstić information content (AvgIpc) is 3.33. The second kappa shape index (κ2) is 9.75. The minimum atomic E-state index is -0.686. The SMILES string of the molecule is C[C@H]1COC[C@H](C)N1Cc1cc(=O)c2ccc(-c3nc(N[C@@H]4CCOC[C@H]4O)ncc3F)c3c2n1CC3. The van der Waals surface area contributed by atoms with Crippen molar-refractivity contribution in [1.29, 1.82) is 0 Å². The van der Waals surface area contributed by atoms with Crippen LogP contribution in [0.2, 0.25) is 0 Å². The quantitative estimate of drug-likeness (QED) is 0.541. The molecule has 9 nitrogen and oxygen atoms in total. The van der Waals surface area contributed by atoms with Crippen LogP contribution in [0, 0.1) is 5.82 Å². The summed E-state index contributed by atoms with van der Waals surface area (Å²) in [5.41, 5.74) is 3.59. The van der Waals surface area contributed by atoms with E-state index in [0.717, 1.165) is 29.5 Å². The molecule has 3 aliphatic rings. The molecule has 5 heterocycles. The van der Waals surface area contributed by atoms with Gasteiger partial charge in [0.25, 0.3) is 0 Å². The van der Waals surface area contributed by atoms with Crippen LogP contribution in [0.25, 0.3) is 22.2 Å². The maximum Gasteiger partial charge on any atom is 0.223 e. The van der Waals surface area contributed by atoms with E-state index in [1.165, 1.54) is 0 Å². The molecule has 3 aliphatic heterocycles. The number of nitrogens with zero attached hydrogens (tertiary/aromatic N) is 4. The number of aliphatic hydroxyl groups excluding tert-OH is 1. The molecule has 0 radical (unpaired) electrons. The van der Waals surface area contributed by atoms with Crippen molar-refractivity contribution in [2.45, 2.75) is 64.0 Å². The Hall–Kier alpha value is -2.92. The van der Waals surface area contributed by atoms with Crippen LogP contribution in [0.3, 0.4) is 0 Å². The lowest BCUT2D eigenvalue weighted by Gasteiger charge is -2.39. The third kappa shape index (κ3) is 4.41. The molecule has 3 aromatic rings. The molecule has 10 heteroatoms. The van der Waals surface area contributed by atoms with Gasteiger partial charge in [0, 0.05) is 54.5 Å². The first-order valence-electron chi connectivity index (χ1n) is 13.0. The van der Waals surface area contributed by atoms with E-state index in [-0.39, 0.29) is 41.8 Å². The van der Waals surface area contributed by atoms with Crippen LogP contribution in [0.4, 0.5) is 10.3 Å². The molecular weight excluding hydrogens is 477 g/mol. The van der Waals surface area contributed by atoms with Crippen LogP contribution in [-0.4, -0.2) is 75.2 Å². The van der Waals surface area contributed by atoms with Gasteiger partial charge in [-0.3, -0.25) is 9.69 Å². The first-order valence-corrected chi connectivity index (χ1v) is 13.0. The Morgan fingerprint density at radius 3 is 2.78 bits per heavy atom. The number of rotatable bonds is 5. The molecule has 0 unspecified atom stereocenters. The fourth-order valence-electron chi connectivity index (χ4n) is 5.90. The smallest absolute Gasteiger partial charge is 0.223 e. The minimum Gasteiger partial charge on any atom is -0.389 e. The Morgan fingerprint density at radius 2 is 2.00 bits per heavy atom. The third-order valence-corrected chi connectivity index (χ3v) is 7.88. The summed E-state index contributed by atoms with van der Waals surface area (Å²) in [7, 11) is 0. The van der Waals surface area contributed by atoms with E-state index in [4.69, 9.17) is 9.47 Å². The molecule has 6 rings (SSSR count). The molecule has 0 amide bonds. The van der Waals surface area contributed by atoms with Gasteiger partial charge in [0.15, 0.2) is 11.2 Å². The third-order valence-electron chi connectivity index (χ3n) is 7.88. The topological polar surface area (TPSA) is 102 Å². The second-order valence-corrected chi connectivity index (χ2v) is 10.4. The number of hydrogen-bond acceptors (Lipinski definition) is 8. The fourth-order valence-corrected chi connectivity index (χ4v) is 5.90. The van der Waals surface area contributed by atoms with Crippen molar-refractivity contribution in [3.8, 4) is 11.3 Å². The van der Waals surface area contributed by atoms with Crippen LogP contribution >= 0.6 is 0 Å². The highest BCUT2D eigenvalue weighted by molar-refractivity contribution is 5.90. The van der Waals surface area contributed by atoms with Gasteiger partial charge < -0.3 is 24.5 Å². The summed E-state index contributed by atoms with van der Waals surface area (Å²) in [6, 6.07) is 5.56. The van der Waals surface area contributed by atoms with Crippen molar-refractivity contribution in [3.63, 3.8) is 0 Å². The lowest BCUT2D eigenvalue weighted by molar-refractivity contribution is -0.0418. The number of nitrogens with one attached hydrogen (secondary N) is 1. The highest BCUT2D eigenvalue weighted by Gasteiger charge is 2.29. The molecule has 0 spiro atoms. The Kier molecular flexibility index (Phi) is 6.44. The van der Waals surface area contributed by atoms with E-state index in [2.05, 4.69) is 38.6 Å². The van der Waals surface area contributed by atoms with Crippen LogP contribution in [0.5, 0.6) is 0 Å². The zero-order valence-electron chi connectivity index (χ0n) is 21.1. The summed E-state index contributed by atoms with van der Waals surface area (Å²) in [4.78, 5) is 24.2. The Bertz CT molecular complexity index is 1390. The van der Waals surface area contributed by atoms with Gasteiger partial charge in [-0.25, -0.2) is 14.4 Å². The number of anilines is 1. The van der Waals surface area contributed by atoms with Crippen molar-refractivity contribution in [3.05, 3.63) is 51.7 Å². The van der Waals surface area contributed by atoms with Gasteiger partial charge in [-0.15, -0.1) is 0 Å². The van der Waals surface area contributed by atoms with E-state index in [9.17, 15) is 9.90 Å². The molecule has 0 saturated carbocycles.